The van der Waals surface area contributed by atoms with Crippen molar-refractivity contribution in [1.29, 1.82) is 0 Å². The molecule has 0 aliphatic carbocycles. The summed E-state index contributed by atoms with van der Waals surface area (Å²) in [6.07, 6.45) is -1.46. The average Bonchev–Trinajstić information content (AvgIpc) is 2.15. The Hall–Kier alpha value is -0.160. The minimum atomic E-state index is -1.46. The summed E-state index contributed by atoms with van der Waals surface area (Å²) in [5, 5.41) is 36.7. The van der Waals surface area contributed by atoms with Crippen molar-refractivity contribution in [1.82, 2.24) is 0 Å². The maximum atomic E-state index is 9.20. The maximum Gasteiger partial charge on any atom is 0.156 e. The molecule has 0 bridgehead atoms. The van der Waals surface area contributed by atoms with Crippen molar-refractivity contribution in [2.75, 3.05) is 13.2 Å². The van der Waals surface area contributed by atoms with E-state index in [4.69, 9.17) is 0 Å². The molecular formula is C10H22O4. The summed E-state index contributed by atoms with van der Waals surface area (Å²) in [7, 11) is 0. The highest BCUT2D eigenvalue weighted by Gasteiger charge is 2.43. The average molecular weight is 206 g/mol. The highest BCUT2D eigenvalue weighted by Crippen LogP contribution is 2.41. The molecule has 1 unspecified atom stereocenters. The van der Waals surface area contributed by atoms with Gasteiger partial charge in [-0.3, -0.25) is 0 Å². The Balaban J connectivity index is 4.82. The van der Waals surface area contributed by atoms with Gasteiger partial charge < -0.3 is 20.4 Å². The predicted octanol–water partition coefficient (Wildman–Crippen LogP) is -0.0497. The largest absolute Gasteiger partial charge is 0.396 e. The zero-order valence-corrected chi connectivity index (χ0v) is 9.36. The van der Waals surface area contributed by atoms with Crippen molar-refractivity contribution in [3.8, 4) is 0 Å². The van der Waals surface area contributed by atoms with Gasteiger partial charge in [0.25, 0.3) is 0 Å². The molecule has 0 aliphatic heterocycles. The van der Waals surface area contributed by atoms with Crippen LogP contribution in [0.5, 0.6) is 0 Å². The van der Waals surface area contributed by atoms with E-state index in [-0.39, 0.29) is 19.1 Å². The van der Waals surface area contributed by atoms with Crippen molar-refractivity contribution in [3.63, 3.8) is 0 Å². The Morgan fingerprint density at radius 2 is 1.36 bits per heavy atom. The van der Waals surface area contributed by atoms with Gasteiger partial charge in [0.2, 0.25) is 0 Å². The second-order valence-corrected chi connectivity index (χ2v) is 4.89. The molecule has 4 N–H and O–H groups in total. The molecule has 0 aromatic rings. The molecule has 0 amide bonds. The van der Waals surface area contributed by atoms with Gasteiger partial charge in [0.05, 0.1) is 13.2 Å². The lowest BCUT2D eigenvalue weighted by molar-refractivity contribution is -0.168. The van der Waals surface area contributed by atoms with Crippen LogP contribution in [0.1, 0.15) is 27.7 Å². The molecule has 0 aromatic heterocycles. The number of hydrogen-bond acceptors (Lipinski definition) is 4. The lowest BCUT2D eigenvalue weighted by atomic mass is 9.65. The second kappa shape index (κ2) is 4.57. The van der Waals surface area contributed by atoms with E-state index in [9.17, 15) is 20.4 Å². The summed E-state index contributed by atoms with van der Waals surface area (Å²) >= 11 is 0. The van der Waals surface area contributed by atoms with Crippen LogP contribution in [0.15, 0.2) is 0 Å². The highest BCUT2D eigenvalue weighted by atomic mass is 16.5. The van der Waals surface area contributed by atoms with E-state index in [0.717, 1.165) is 0 Å². The topological polar surface area (TPSA) is 80.9 Å². The van der Waals surface area contributed by atoms with Crippen LogP contribution >= 0.6 is 0 Å². The second-order valence-electron chi connectivity index (χ2n) is 4.89. The van der Waals surface area contributed by atoms with Gasteiger partial charge in [-0.1, -0.05) is 27.7 Å². The van der Waals surface area contributed by atoms with E-state index in [1.807, 2.05) is 0 Å². The molecule has 0 spiro atoms. The first-order chi connectivity index (χ1) is 6.22. The molecule has 14 heavy (non-hydrogen) atoms. The molecule has 0 radical (unpaired) electrons. The fourth-order valence-electron chi connectivity index (χ4n) is 1.45. The molecule has 1 atom stereocenters. The van der Waals surface area contributed by atoms with Gasteiger partial charge >= 0.3 is 0 Å². The Kier molecular flexibility index (Phi) is 4.52. The van der Waals surface area contributed by atoms with Crippen molar-refractivity contribution >= 4 is 0 Å². The third-order valence-corrected chi connectivity index (χ3v) is 3.55. The number of rotatable bonds is 5. The zero-order chi connectivity index (χ0) is 11.6. The predicted molar refractivity (Wildman–Crippen MR) is 53.4 cm³/mol. The van der Waals surface area contributed by atoms with E-state index < -0.39 is 17.1 Å². The summed E-state index contributed by atoms with van der Waals surface area (Å²) in [6, 6.07) is 0. The Bertz CT molecular complexity index is 168. The highest BCUT2D eigenvalue weighted by molar-refractivity contribution is 4.89. The molecule has 0 heterocycles. The zero-order valence-electron chi connectivity index (χ0n) is 9.36. The van der Waals surface area contributed by atoms with Crippen molar-refractivity contribution in [2.45, 2.75) is 34.0 Å². The molecule has 4 nitrogen and oxygen atoms in total. The first-order valence-electron chi connectivity index (χ1n) is 4.80. The Morgan fingerprint density at radius 3 is 1.57 bits per heavy atom. The van der Waals surface area contributed by atoms with E-state index in [1.54, 1.807) is 27.7 Å². The first kappa shape index (κ1) is 13.8. The first-order valence-corrected chi connectivity index (χ1v) is 4.80. The molecule has 0 aliphatic rings. The van der Waals surface area contributed by atoms with E-state index in [1.165, 1.54) is 0 Å². The standard InChI is InChI=1S/C10H22O4/c1-7(9(2,3)8(13)14)10(4,5-11)6-12/h7-8,11-14H,5-6H2,1-4H3. The third kappa shape index (κ3) is 2.45. The summed E-state index contributed by atoms with van der Waals surface area (Å²) in [4.78, 5) is 0. The molecular weight excluding hydrogens is 184 g/mol. The summed E-state index contributed by atoms with van der Waals surface area (Å²) in [6.45, 7) is 6.56. The van der Waals surface area contributed by atoms with Gasteiger partial charge in [-0.25, -0.2) is 0 Å². The molecule has 4 heteroatoms. The van der Waals surface area contributed by atoms with Gasteiger partial charge in [-0.05, 0) is 5.92 Å². The van der Waals surface area contributed by atoms with Crippen molar-refractivity contribution < 1.29 is 20.4 Å². The monoisotopic (exact) mass is 206 g/mol. The third-order valence-electron chi connectivity index (χ3n) is 3.55. The van der Waals surface area contributed by atoms with Gasteiger partial charge in [0, 0.05) is 10.8 Å². The van der Waals surface area contributed by atoms with Crippen LogP contribution < -0.4 is 0 Å². The van der Waals surface area contributed by atoms with Gasteiger partial charge in [-0.15, -0.1) is 0 Å². The minimum Gasteiger partial charge on any atom is -0.396 e. The van der Waals surface area contributed by atoms with Gasteiger partial charge in [0.15, 0.2) is 6.29 Å². The smallest absolute Gasteiger partial charge is 0.156 e. The van der Waals surface area contributed by atoms with Crippen LogP contribution in [0.4, 0.5) is 0 Å². The van der Waals surface area contributed by atoms with Crippen molar-refractivity contribution in [2.24, 2.45) is 16.7 Å². The van der Waals surface area contributed by atoms with Crippen molar-refractivity contribution in [3.05, 3.63) is 0 Å². The number of hydrogen-bond donors (Lipinski definition) is 4. The number of aliphatic hydroxyl groups excluding tert-OH is 3. The number of aliphatic hydroxyl groups is 4. The lowest BCUT2D eigenvalue weighted by Gasteiger charge is -2.43. The molecule has 0 rings (SSSR count). The Labute approximate surface area is 85.2 Å². The van der Waals surface area contributed by atoms with Crippen LogP contribution in [0, 0.1) is 16.7 Å². The van der Waals surface area contributed by atoms with E-state index >= 15 is 0 Å². The maximum absolute atomic E-state index is 9.20. The van der Waals surface area contributed by atoms with Gasteiger partial charge in [0.1, 0.15) is 0 Å². The molecule has 0 fully saturated rings. The van der Waals surface area contributed by atoms with Crippen LogP contribution in [0.3, 0.4) is 0 Å². The normalized spacial score (nSPS) is 16.1. The Morgan fingerprint density at radius 1 is 1.00 bits per heavy atom. The molecule has 0 saturated carbocycles. The van der Waals surface area contributed by atoms with E-state index in [2.05, 4.69) is 0 Å². The summed E-state index contributed by atoms with van der Waals surface area (Å²) < 4.78 is 0. The summed E-state index contributed by atoms with van der Waals surface area (Å²) in [5.41, 5.74) is -1.46. The van der Waals surface area contributed by atoms with Crippen LogP contribution in [-0.2, 0) is 0 Å². The molecule has 86 valence electrons. The summed E-state index contributed by atoms with van der Waals surface area (Å²) in [5.74, 6) is -0.218. The fraction of sp³-hybridized carbons (Fsp3) is 1.00. The fourth-order valence-corrected chi connectivity index (χ4v) is 1.45. The van der Waals surface area contributed by atoms with E-state index in [0.29, 0.717) is 0 Å². The quantitative estimate of drug-likeness (QED) is 0.475. The van der Waals surface area contributed by atoms with Gasteiger partial charge in [-0.2, -0.15) is 0 Å². The van der Waals surface area contributed by atoms with Crippen LogP contribution in [0.2, 0.25) is 0 Å². The molecule has 0 aromatic carbocycles. The van der Waals surface area contributed by atoms with Crippen LogP contribution in [-0.4, -0.2) is 39.9 Å². The van der Waals surface area contributed by atoms with Crippen LogP contribution in [0.25, 0.3) is 0 Å². The minimum absolute atomic E-state index is 0.180. The lowest BCUT2D eigenvalue weighted by Crippen LogP contribution is -2.46. The molecule has 0 saturated heterocycles. The SMILES string of the molecule is CC(C(C)(CO)CO)C(C)(C)C(O)O.